The molecule has 0 aromatic carbocycles. The highest BCUT2D eigenvalue weighted by atomic mass is 32.1. The minimum Gasteiger partial charge on any atom is -0.459 e. The van der Waals surface area contributed by atoms with Crippen molar-refractivity contribution < 1.29 is 14.6 Å². The second kappa shape index (κ2) is 6.36. The van der Waals surface area contributed by atoms with E-state index in [1.807, 2.05) is 20.8 Å². The fourth-order valence-electron chi connectivity index (χ4n) is 1.91. The average Bonchev–Trinajstić information content (AvgIpc) is 2.74. The summed E-state index contributed by atoms with van der Waals surface area (Å²) >= 11 is 1.29. The Bertz CT molecular complexity index is 652. The van der Waals surface area contributed by atoms with Crippen molar-refractivity contribution >= 4 is 33.3 Å². The highest BCUT2D eigenvalue weighted by Crippen LogP contribution is 2.33. The van der Waals surface area contributed by atoms with Gasteiger partial charge in [-0.3, -0.25) is 0 Å². The molecule has 1 unspecified atom stereocenters. The number of anilines is 1. The lowest BCUT2D eigenvalue weighted by atomic mass is 10.2. The summed E-state index contributed by atoms with van der Waals surface area (Å²) in [5.74, 6) is 0.283. The molecule has 1 atom stereocenters. The van der Waals surface area contributed by atoms with Gasteiger partial charge in [0.1, 0.15) is 21.9 Å². The third kappa shape index (κ3) is 3.48. The number of carbonyl (C=O) groups excluding carboxylic acids is 1. The predicted molar refractivity (Wildman–Crippen MR) is 82.9 cm³/mol. The van der Waals surface area contributed by atoms with Crippen molar-refractivity contribution in [2.45, 2.75) is 39.9 Å². The minimum atomic E-state index is -0.487. The van der Waals surface area contributed by atoms with E-state index in [0.717, 1.165) is 15.8 Å². The monoisotopic (exact) mass is 309 g/mol. The highest BCUT2D eigenvalue weighted by Gasteiger charge is 2.21. The summed E-state index contributed by atoms with van der Waals surface area (Å²) in [4.78, 5) is 21.8. The quantitative estimate of drug-likeness (QED) is 0.825. The zero-order chi connectivity index (χ0) is 15.6. The van der Waals surface area contributed by atoms with Crippen LogP contribution in [0, 0.1) is 6.92 Å². The first-order valence-electron chi connectivity index (χ1n) is 6.77. The largest absolute Gasteiger partial charge is 0.459 e. The summed E-state index contributed by atoms with van der Waals surface area (Å²) in [6.45, 7) is 7.56. The number of aliphatic hydroxyl groups is 1. The van der Waals surface area contributed by atoms with Crippen LogP contribution in [0.1, 0.15) is 36.0 Å². The van der Waals surface area contributed by atoms with E-state index in [1.54, 1.807) is 6.92 Å². The lowest BCUT2D eigenvalue weighted by molar-refractivity contribution is 0.0383. The zero-order valence-electron chi connectivity index (χ0n) is 12.5. The molecule has 21 heavy (non-hydrogen) atoms. The molecule has 2 rings (SSSR count). The number of hydrogen-bond acceptors (Lipinski definition) is 7. The first-order chi connectivity index (χ1) is 9.90. The van der Waals surface area contributed by atoms with Crippen molar-refractivity contribution in [3.05, 3.63) is 16.8 Å². The maximum atomic E-state index is 12.1. The van der Waals surface area contributed by atoms with Crippen LogP contribution < -0.4 is 5.32 Å². The number of ether oxygens (including phenoxy) is 1. The van der Waals surface area contributed by atoms with Crippen LogP contribution in [0.2, 0.25) is 0 Å². The van der Waals surface area contributed by atoms with Crippen LogP contribution in [0.4, 0.5) is 5.82 Å². The van der Waals surface area contributed by atoms with Crippen LogP contribution in [-0.2, 0) is 4.74 Å². The van der Waals surface area contributed by atoms with Gasteiger partial charge in [-0.25, -0.2) is 14.8 Å². The SMILES string of the molecule is Cc1c(C(=O)OC(C)C)sc2ncnc(NCC(C)O)c12. The summed E-state index contributed by atoms with van der Waals surface area (Å²) in [7, 11) is 0. The number of rotatable bonds is 5. The van der Waals surface area contributed by atoms with Gasteiger partial charge in [-0.15, -0.1) is 11.3 Å². The van der Waals surface area contributed by atoms with Crippen molar-refractivity contribution in [3.8, 4) is 0 Å². The molecule has 6 nitrogen and oxygen atoms in total. The van der Waals surface area contributed by atoms with Crippen LogP contribution >= 0.6 is 11.3 Å². The number of nitrogens with one attached hydrogen (secondary N) is 1. The van der Waals surface area contributed by atoms with Crippen LogP contribution in [0.15, 0.2) is 6.33 Å². The normalized spacial score (nSPS) is 12.7. The highest BCUT2D eigenvalue weighted by molar-refractivity contribution is 7.20. The number of aromatic nitrogens is 2. The van der Waals surface area contributed by atoms with E-state index in [4.69, 9.17) is 4.74 Å². The van der Waals surface area contributed by atoms with E-state index in [-0.39, 0.29) is 12.1 Å². The second-order valence-electron chi connectivity index (χ2n) is 5.14. The number of thiophene rings is 1. The molecule has 2 aromatic heterocycles. The van der Waals surface area contributed by atoms with Crippen molar-refractivity contribution in [2.24, 2.45) is 0 Å². The van der Waals surface area contributed by atoms with E-state index >= 15 is 0 Å². The molecular formula is C14H19N3O3S. The van der Waals surface area contributed by atoms with Crippen LogP contribution in [-0.4, -0.2) is 39.8 Å². The number of carbonyl (C=O) groups is 1. The molecule has 0 radical (unpaired) electrons. The first kappa shape index (κ1) is 15.7. The standard InChI is InChI=1S/C14H19N3O3S/c1-7(2)20-14(19)11-9(4)10-12(15-5-8(3)18)16-6-17-13(10)21-11/h6-8,18H,5H2,1-4H3,(H,15,16,17). The summed E-state index contributed by atoms with van der Waals surface area (Å²) in [6, 6.07) is 0. The molecule has 114 valence electrons. The van der Waals surface area contributed by atoms with E-state index in [1.165, 1.54) is 17.7 Å². The lowest BCUT2D eigenvalue weighted by Gasteiger charge is -2.09. The minimum absolute atomic E-state index is 0.166. The number of aryl methyl sites for hydroxylation is 1. The predicted octanol–water partition coefficient (Wildman–Crippen LogP) is 2.36. The van der Waals surface area contributed by atoms with Gasteiger partial charge in [0, 0.05) is 6.54 Å². The van der Waals surface area contributed by atoms with Gasteiger partial charge in [-0.2, -0.15) is 0 Å². The van der Waals surface area contributed by atoms with Gasteiger partial charge in [0.25, 0.3) is 0 Å². The number of aliphatic hydroxyl groups excluding tert-OH is 1. The molecule has 2 N–H and O–H groups in total. The Kier molecular flexibility index (Phi) is 4.74. The van der Waals surface area contributed by atoms with E-state index in [0.29, 0.717) is 17.2 Å². The van der Waals surface area contributed by atoms with Gasteiger partial charge in [0.2, 0.25) is 0 Å². The van der Waals surface area contributed by atoms with Crippen LogP contribution in [0.3, 0.4) is 0 Å². The summed E-state index contributed by atoms with van der Waals surface area (Å²) in [5.41, 5.74) is 0.800. The van der Waals surface area contributed by atoms with Crippen molar-refractivity contribution in [1.82, 2.24) is 9.97 Å². The lowest BCUT2D eigenvalue weighted by Crippen LogP contribution is -2.16. The molecule has 0 bridgehead atoms. The fraction of sp³-hybridized carbons (Fsp3) is 0.500. The Balaban J connectivity index is 2.41. The Morgan fingerprint density at radius 3 is 2.76 bits per heavy atom. The first-order valence-corrected chi connectivity index (χ1v) is 7.58. The molecule has 0 aliphatic heterocycles. The van der Waals surface area contributed by atoms with Crippen molar-refractivity contribution in [2.75, 3.05) is 11.9 Å². The molecule has 0 saturated carbocycles. The Morgan fingerprint density at radius 2 is 2.14 bits per heavy atom. The Morgan fingerprint density at radius 1 is 1.43 bits per heavy atom. The van der Waals surface area contributed by atoms with Crippen molar-refractivity contribution in [1.29, 1.82) is 0 Å². The number of hydrogen-bond donors (Lipinski definition) is 2. The summed E-state index contributed by atoms with van der Waals surface area (Å²) in [6.07, 6.45) is 0.792. The van der Waals surface area contributed by atoms with Gasteiger partial charge >= 0.3 is 5.97 Å². The molecule has 0 aliphatic carbocycles. The smallest absolute Gasteiger partial charge is 0.348 e. The maximum Gasteiger partial charge on any atom is 0.348 e. The summed E-state index contributed by atoms with van der Waals surface area (Å²) < 4.78 is 5.25. The zero-order valence-corrected chi connectivity index (χ0v) is 13.3. The molecule has 0 amide bonds. The number of nitrogens with zero attached hydrogens (tertiary/aromatic N) is 2. The number of esters is 1. The van der Waals surface area contributed by atoms with Crippen molar-refractivity contribution in [3.63, 3.8) is 0 Å². The molecule has 0 saturated heterocycles. The second-order valence-corrected chi connectivity index (χ2v) is 6.14. The van der Waals surface area contributed by atoms with Gasteiger partial charge in [-0.05, 0) is 33.3 Å². The third-order valence-electron chi connectivity index (χ3n) is 2.82. The molecule has 0 aliphatic rings. The molecule has 2 heterocycles. The van der Waals surface area contributed by atoms with Gasteiger partial charge in [0.05, 0.1) is 17.6 Å². The van der Waals surface area contributed by atoms with Gasteiger partial charge in [0.15, 0.2) is 0 Å². The van der Waals surface area contributed by atoms with Gasteiger partial charge in [-0.1, -0.05) is 0 Å². The van der Waals surface area contributed by atoms with Gasteiger partial charge < -0.3 is 15.2 Å². The van der Waals surface area contributed by atoms with E-state index < -0.39 is 6.10 Å². The number of fused-ring (bicyclic) bond motifs is 1. The summed E-state index contributed by atoms with van der Waals surface area (Å²) in [5, 5.41) is 13.2. The van der Waals surface area contributed by atoms with Crippen LogP contribution in [0.5, 0.6) is 0 Å². The Hall–Kier alpha value is -1.73. The molecule has 2 aromatic rings. The molecular weight excluding hydrogens is 290 g/mol. The average molecular weight is 309 g/mol. The van der Waals surface area contributed by atoms with E-state index in [9.17, 15) is 9.90 Å². The fourth-order valence-corrected chi connectivity index (χ4v) is 2.94. The molecule has 0 fully saturated rings. The maximum absolute atomic E-state index is 12.1. The molecule has 7 heteroatoms. The third-order valence-corrected chi connectivity index (χ3v) is 4.00. The molecule has 0 spiro atoms. The topological polar surface area (TPSA) is 84.3 Å². The van der Waals surface area contributed by atoms with E-state index in [2.05, 4.69) is 15.3 Å². The Labute approximate surface area is 127 Å². The van der Waals surface area contributed by atoms with Crippen LogP contribution in [0.25, 0.3) is 10.2 Å².